The van der Waals surface area contributed by atoms with Crippen molar-refractivity contribution in [3.05, 3.63) is 23.2 Å². The van der Waals surface area contributed by atoms with Crippen molar-refractivity contribution in [3.63, 3.8) is 0 Å². The third-order valence-electron chi connectivity index (χ3n) is 2.63. The number of hydrogen-bond acceptors (Lipinski definition) is 4. The number of rotatable bonds is 2. The third kappa shape index (κ3) is 3.16. The SMILES string of the molecule is CC(N)Cc1cn(C(=O)OC(C)(C)C)c2sccc12. The molecule has 104 valence electrons. The van der Waals surface area contributed by atoms with Gasteiger partial charge < -0.3 is 10.5 Å². The standard InChI is InChI=1S/C14H20N2O2S/c1-9(15)7-10-8-16(12-11(10)5-6-19-12)13(17)18-14(2,3)4/h5-6,8-9H,7,15H2,1-4H3. The third-order valence-corrected chi connectivity index (χ3v) is 3.54. The predicted molar refractivity (Wildman–Crippen MR) is 78.8 cm³/mol. The number of carbonyl (C=O) groups is 1. The number of nitrogens with zero attached hydrogens (tertiary/aromatic N) is 1. The van der Waals surface area contributed by atoms with Crippen LogP contribution in [0.15, 0.2) is 17.6 Å². The van der Waals surface area contributed by atoms with Crippen LogP contribution in [-0.4, -0.2) is 22.3 Å². The van der Waals surface area contributed by atoms with Crippen molar-refractivity contribution in [2.24, 2.45) is 5.73 Å². The Hall–Kier alpha value is -1.33. The van der Waals surface area contributed by atoms with Crippen LogP contribution in [0.2, 0.25) is 0 Å². The molecule has 0 aromatic carbocycles. The summed E-state index contributed by atoms with van der Waals surface area (Å²) in [4.78, 5) is 13.1. The van der Waals surface area contributed by atoms with E-state index in [1.165, 1.54) is 11.3 Å². The topological polar surface area (TPSA) is 57.2 Å². The maximum atomic E-state index is 12.2. The smallest absolute Gasteiger partial charge is 0.419 e. The first kappa shape index (κ1) is 14.1. The molecule has 0 spiro atoms. The normalized spacial score (nSPS) is 13.7. The molecular weight excluding hydrogens is 260 g/mol. The number of thiophene rings is 1. The molecule has 0 radical (unpaired) electrons. The Balaban J connectivity index is 2.38. The zero-order valence-corrected chi connectivity index (χ0v) is 12.6. The van der Waals surface area contributed by atoms with E-state index in [2.05, 4.69) is 0 Å². The minimum Gasteiger partial charge on any atom is -0.443 e. The maximum absolute atomic E-state index is 12.2. The number of fused-ring (bicyclic) bond motifs is 1. The lowest BCUT2D eigenvalue weighted by molar-refractivity contribution is 0.0545. The van der Waals surface area contributed by atoms with Gasteiger partial charge in [-0.15, -0.1) is 11.3 Å². The molecule has 4 nitrogen and oxygen atoms in total. The summed E-state index contributed by atoms with van der Waals surface area (Å²) in [6.45, 7) is 7.55. The molecule has 1 unspecified atom stereocenters. The van der Waals surface area contributed by atoms with E-state index in [0.717, 1.165) is 22.2 Å². The summed E-state index contributed by atoms with van der Waals surface area (Å²) in [6, 6.07) is 2.09. The first-order valence-electron chi connectivity index (χ1n) is 6.34. The Bertz CT molecular complexity index is 590. The van der Waals surface area contributed by atoms with Crippen molar-refractivity contribution in [2.75, 3.05) is 0 Å². The molecule has 0 saturated carbocycles. The Morgan fingerprint density at radius 3 is 2.79 bits per heavy atom. The van der Waals surface area contributed by atoms with Crippen LogP contribution in [0.1, 0.15) is 33.3 Å². The number of ether oxygens (including phenoxy) is 1. The van der Waals surface area contributed by atoms with Crippen molar-refractivity contribution in [3.8, 4) is 0 Å². The summed E-state index contributed by atoms with van der Waals surface area (Å²) in [5.41, 5.74) is 6.45. The quantitative estimate of drug-likeness (QED) is 0.917. The van der Waals surface area contributed by atoms with Gasteiger partial charge in [-0.05, 0) is 51.1 Å². The van der Waals surface area contributed by atoms with E-state index in [-0.39, 0.29) is 12.1 Å². The first-order chi connectivity index (χ1) is 8.78. The molecule has 2 N–H and O–H groups in total. The second-order valence-corrected chi connectivity index (χ2v) is 6.72. The lowest BCUT2D eigenvalue weighted by Crippen LogP contribution is -2.26. The van der Waals surface area contributed by atoms with Crippen molar-refractivity contribution in [2.45, 2.75) is 45.8 Å². The van der Waals surface area contributed by atoms with Crippen LogP contribution < -0.4 is 5.73 Å². The molecule has 0 saturated heterocycles. The minimum atomic E-state index is -0.494. The molecule has 0 aliphatic heterocycles. The van der Waals surface area contributed by atoms with Gasteiger partial charge in [-0.1, -0.05) is 0 Å². The molecule has 0 fully saturated rings. The Labute approximate surface area is 117 Å². The molecule has 2 rings (SSSR count). The van der Waals surface area contributed by atoms with Gasteiger partial charge in [0.05, 0.1) is 0 Å². The van der Waals surface area contributed by atoms with Crippen molar-refractivity contribution < 1.29 is 9.53 Å². The molecule has 0 bridgehead atoms. The van der Waals surface area contributed by atoms with Gasteiger partial charge in [0, 0.05) is 17.6 Å². The summed E-state index contributed by atoms with van der Waals surface area (Å²) in [5, 5.41) is 3.07. The molecule has 2 aromatic heterocycles. The Kier molecular flexibility index (Phi) is 3.69. The summed E-state index contributed by atoms with van der Waals surface area (Å²) >= 11 is 1.54. The fraction of sp³-hybridized carbons (Fsp3) is 0.500. The van der Waals surface area contributed by atoms with E-state index in [9.17, 15) is 4.79 Å². The lowest BCUT2D eigenvalue weighted by atomic mass is 10.1. The van der Waals surface area contributed by atoms with Gasteiger partial charge in [-0.2, -0.15) is 0 Å². The second kappa shape index (κ2) is 4.98. The van der Waals surface area contributed by atoms with Gasteiger partial charge in [-0.3, -0.25) is 0 Å². The molecule has 0 aliphatic rings. The van der Waals surface area contributed by atoms with Crippen LogP contribution in [0.3, 0.4) is 0 Å². The van der Waals surface area contributed by atoms with Crippen LogP contribution in [0, 0.1) is 0 Å². The highest BCUT2D eigenvalue weighted by Crippen LogP contribution is 2.28. The lowest BCUT2D eigenvalue weighted by Gasteiger charge is -2.19. The fourth-order valence-corrected chi connectivity index (χ4v) is 2.87. The number of nitrogens with two attached hydrogens (primary N) is 1. The second-order valence-electron chi connectivity index (χ2n) is 5.83. The van der Waals surface area contributed by atoms with E-state index in [1.807, 2.05) is 45.3 Å². The summed E-state index contributed by atoms with van der Waals surface area (Å²) in [7, 11) is 0. The number of aromatic nitrogens is 1. The highest BCUT2D eigenvalue weighted by molar-refractivity contribution is 7.17. The molecule has 19 heavy (non-hydrogen) atoms. The predicted octanol–water partition coefficient (Wildman–Crippen LogP) is 3.38. The van der Waals surface area contributed by atoms with Crippen molar-refractivity contribution >= 4 is 27.6 Å². The maximum Gasteiger partial charge on any atom is 0.419 e. The highest BCUT2D eigenvalue weighted by atomic mass is 32.1. The molecule has 0 amide bonds. The van der Waals surface area contributed by atoms with Crippen LogP contribution in [0.5, 0.6) is 0 Å². The van der Waals surface area contributed by atoms with E-state index < -0.39 is 5.60 Å². The monoisotopic (exact) mass is 280 g/mol. The van der Waals surface area contributed by atoms with Crippen LogP contribution in [0.25, 0.3) is 10.2 Å². The largest absolute Gasteiger partial charge is 0.443 e. The van der Waals surface area contributed by atoms with Gasteiger partial charge in [0.1, 0.15) is 10.4 Å². The zero-order valence-electron chi connectivity index (χ0n) is 11.8. The summed E-state index contributed by atoms with van der Waals surface area (Å²) < 4.78 is 7.01. The first-order valence-corrected chi connectivity index (χ1v) is 7.22. The van der Waals surface area contributed by atoms with Gasteiger partial charge in [0.2, 0.25) is 0 Å². The van der Waals surface area contributed by atoms with Gasteiger partial charge >= 0.3 is 6.09 Å². The van der Waals surface area contributed by atoms with Crippen LogP contribution in [0.4, 0.5) is 4.79 Å². The van der Waals surface area contributed by atoms with Crippen molar-refractivity contribution in [1.82, 2.24) is 4.57 Å². The average Bonchev–Trinajstić information content (AvgIpc) is 2.77. The molecular formula is C14H20N2O2S. The van der Waals surface area contributed by atoms with Crippen LogP contribution in [-0.2, 0) is 11.2 Å². The molecule has 5 heteroatoms. The number of hydrogen-bond donors (Lipinski definition) is 1. The summed E-state index contributed by atoms with van der Waals surface area (Å²) in [5.74, 6) is 0. The zero-order chi connectivity index (χ0) is 14.2. The van der Waals surface area contributed by atoms with Gasteiger partial charge in [0.15, 0.2) is 0 Å². The van der Waals surface area contributed by atoms with Gasteiger partial charge in [-0.25, -0.2) is 9.36 Å². The minimum absolute atomic E-state index is 0.0672. The average molecular weight is 280 g/mol. The van der Waals surface area contributed by atoms with Crippen molar-refractivity contribution in [1.29, 1.82) is 0 Å². The fourth-order valence-electron chi connectivity index (χ4n) is 1.97. The van der Waals surface area contributed by atoms with E-state index in [1.54, 1.807) is 4.57 Å². The van der Waals surface area contributed by atoms with Gasteiger partial charge in [0.25, 0.3) is 0 Å². The van der Waals surface area contributed by atoms with Crippen LogP contribution >= 0.6 is 11.3 Å². The van der Waals surface area contributed by atoms with E-state index in [0.29, 0.717) is 0 Å². The summed E-state index contributed by atoms with van der Waals surface area (Å²) in [6.07, 6.45) is 2.26. The van der Waals surface area contributed by atoms with E-state index >= 15 is 0 Å². The Morgan fingerprint density at radius 2 is 2.21 bits per heavy atom. The molecule has 1 atom stereocenters. The highest BCUT2D eigenvalue weighted by Gasteiger charge is 2.21. The molecule has 2 heterocycles. The van der Waals surface area contributed by atoms with E-state index in [4.69, 9.17) is 10.5 Å². The number of carbonyl (C=O) groups excluding carboxylic acids is 1. The molecule has 0 aliphatic carbocycles. The Morgan fingerprint density at radius 1 is 1.53 bits per heavy atom. The molecule has 2 aromatic rings.